The molecule has 0 aliphatic carbocycles. The van der Waals surface area contributed by atoms with E-state index in [0.717, 1.165) is 32.6 Å². The minimum absolute atomic E-state index is 0.160. The molecule has 94 valence electrons. The van der Waals surface area contributed by atoms with Crippen LogP contribution in [-0.4, -0.2) is 54.9 Å². The fourth-order valence-corrected chi connectivity index (χ4v) is 1.90. The molecule has 1 rings (SSSR count). The van der Waals surface area contributed by atoms with Gasteiger partial charge in [-0.3, -0.25) is 5.41 Å². The second-order valence-corrected chi connectivity index (χ2v) is 5.68. The van der Waals surface area contributed by atoms with E-state index >= 15 is 0 Å². The molecule has 1 aliphatic rings. The first kappa shape index (κ1) is 13.5. The lowest BCUT2D eigenvalue weighted by Gasteiger charge is -2.38. The maximum atomic E-state index is 7.54. The lowest BCUT2D eigenvalue weighted by atomic mass is 9.88. The maximum absolute atomic E-state index is 7.54. The number of amidine groups is 1. The van der Waals surface area contributed by atoms with E-state index in [1.165, 1.54) is 0 Å². The van der Waals surface area contributed by atoms with Gasteiger partial charge in [-0.15, -0.1) is 0 Å². The summed E-state index contributed by atoms with van der Waals surface area (Å²) in [5.74, 6) is 0.301. The summed E-state index contributed by atoms with van der Waals surface area (Å²) in [5.41, 5.74) is 5.43. The monoisotopic (exact) mass is 226 g/mol. The van der Waals surface area contributed by atoms with Crippen molar-refractivity contribution in [2.45, 2.75) is 33.2 Å². The van der Waals surface area contributed by atoms with E-state index in [9.17, 15) is 0 Å². The molecule has 4 nitrogen and oxygen atoms in total. The minimum Gasteiger partial charge on any atom is -0.387 e. The predicted octanol–water partition coefficient (Wildman–Crippen LogP) is 0.975. The Morgan fingerprint density at radius 1 is 1.44 bits per heavy atom. The third-order valence-electron chi connectivity index (χ3n) is 3.83. The van der Waals surface area contributed by atoms with Gasteiger partial charge in [0.05, 0.1) is 5.84 Å². The zero-order chi connectivity index (χ0) is 12.3. The Bertz CT molecular complexity index is 249. The van der Waals surface area contributed by atoms with Crippen LogP contribution in [0.1, 0.15) is 27.2 Å². The Hall–Kier alpha value is -0.610. The van der Waals surface area contributed by atoms with Gasteiger partial charge in [0.1, 0.15) is 0 Å². The Morgan fingerprint density at radius 3 is 2.56 bits per heavy atom. The average molecular weight is 226 g/mol. The molecule has 0 radical (unpaired) electrons. The number of hydrogen-bond donors (Lipinski definition) is 2. The van der Waals surface area contributed by atoms with Crippen LogP contribution in [0.3, 0.4) is 0 Å². The van der Waals surface area contributed by atoms with Crippen LogP contribution in [-0.2, 0) is 0 Å². The molecule has 1 fully saturated rings. The van der Waals surface area contributed by atoms with Crippen LogP contribution >= 0.6 is 0 Å². The van der Waals surface area contributed by atoms with Gasteiger partial charge < -0.3 is 15.5 Å². The maximum Gasteiger partial charge on any atom is 0.0963 e. The molecule has 1 heterocycles. The molecule has 0 aromatic heterocycles. The van der Waals surface area contributed by atoms with Crippen molar-refractivity contribution in [3.8, 4) is 0 Å². The van der Waals surface area contributed by atoms with Crippen LogP contribution in [0.25, 0.3) is 0 Å². The Morgan fingerprint density at radius 2 is 2.06 bits per heavy atom. The summed E-state index contributed by atoms with van der Waals surface area (Å²) in [6.07, 6.45) is 0.971. The van der Waals surface area contributed by atoms with Crippen molar-refractivity contribution in [1.82, 2.24) is 9.80 Å². The highest BCUT2D eigenvalue weighted by molar-refractivity contribution is 5.82. The van der Waals surface area contributed by atoms with Crippen molar-refractivity contribution < 1.29 is 0 Å². The van der Waals surface area contributed by atoms with Crippen molar-refractivity contribution in [3.63, 3.8) is 0 Å². The van der Waals surface area contributed by atoms with Gasteiger partial charge in [0, 0.05) is 31.1 Å². The van der Waals surface area contributed by atoms with Crippen LogP contribution in [0, 0.1) is 10.8 Å². The third-order valence-corrected chi connectivity index (χ3v) is 3.83. The minimum atomic E-state index is -0.160. The van der Waals surface area contributed by atoms with Crippen molar-refractivity contribution in [2.24, 2.45) is 11.1 Å². The molecule has 1 unspecified atom stereocenters. The van der Waals surface area contributed by atoms with E-state index in [1.807, 2.05) is 0 Å². The van der Waals surface area contributed by atoms with E-state index < -0.39 is 0 Å². The molecule has 1 atom stereocenters. The first-order valence-electron chi connectivity index (χ1n) is 6.10. The molecule has 1 aliphatic heterocycles. The number of nitrogens with zero attached hydrogens (tertiary/aromatic N) is 2. The number of nitrogens with two attached hydrogens (primary N) is 1. The van der Waals surface area contributed by atoms with Crippen LogP contribution in [0.2, 0.25) is 0 Å². The fraction of sp³-hybridized carbons (Fsp3) is 0.917. The average Bonchev–Trinajstić information content (AvgIpc) is 2.20. The van der Waals surface area contributed by atoms with E-state index in [2.05, 4.69) is 37.6 Å². The highest BCUT2D eigenvalue weighted by Gasteiger charge is 2.25. The van der Waals surface area contributed by atoms with Crippen molar-refractivity contribution in [1.29, 1.82) is 5.41 Å². The van der Waals surface area contributed by atoms with Crippen molar-refractivity contribution in [2.75, 3.05) is 33.2 Å². The van der Waals surface area contributed by atoms with E-state index in [4.69, 9.17) is 11.1 Å². The SMILES string of the molecule is CC1CN(CCC(C)(C)C(=N)N)CCN1C. The molecule has 0 bridgehead atoms. The summed E-state index contributed by atoms with van der Waals surface area (Å²) in [7, 11) is 2.18. The van der Waals surface area contributed by atoms with Gasteiger partial charge >= 0.3 is 0 Å². The molecule has 0 saturated carbocycles. The van der Waals surface area contributed by atoms with E-state index in [-0.39, 0.29) is 5.41 Å². The highest BCUT2D eigenvalue weighted by Crippen LogP contribution is 2.20. The second kappa shape index (κ2) is 5.15. The number of likely N-dealkylation sites (N-methyl/N-ethyl adjacent to an activating group) is 1. The van der Waals surface area contributed by atoms with E-state index in [1.54, 1.807) is 0 Å². The lowest BCUT2D eigenvalue weighted by Crippen LogP contribution is -2.50. The zero-order valence-corrected chi connectivity index (χ0v) is 11.1. The quantitative estimate of drug-likeness (QED) is 0.555. The molecule has 0 amide bonds. The Balaban J connectivity index is 2.36. The van der Waals surface area contributed by atoms with Crippen LogP contribution in [0.4, 0.5) is 0 Å². The summed E-state index contributed by atoms with van der Waals surface area (Å²) in [4.78, 5) is 4.88. The van der Waals surface area contributed by atoms with Gasteiger partial charge in [0.25, 0.3) is 0 Å². The zero-order valence-electron chi connectivity index (χ0n) is 11.1. The molecule has 0 spiro atoms. The number of nitrogens with one attached hydrogen (secondary N) is 1. The first-order chi connectivity index (χ1) is 7.33. The number of piperazine rings is 1. The molecular weight excluding hydrogens is 200 g/mol. The summed E-state index contributed by atoms with van der Waals surface area (Å²) in [5, 5.41) is 7.54. The third kappa shape index (κ3) is 3.46. The van der Waals surface area contributed by atoms with Crippen LogP contribution in [0.5, 0.6) is 0 Å². The first-order valence-corrected chi connectivity index (χ1v) is 6.10. The molecule has 0 aromatic carbocycles. The molecule has 3 N–H and O–H groups in total. The summed E-state index contributed by atoms with van der Waals surface area (Å²) in [6, 6.07) is 0.634. The smallest absolute Gasteiger partial charge is 0.0963 e. The van der Waals surface area contributed by atoms with Crippen molar-refractivity contribution in [3.05, 3.63) is 0 Å². The van der Waals surface area contributed by atoms with Crippen LogP contribution in [0.15, 0.2) is 0 Å². The Kier molecular flexibility index (Phi) is 4.33. The molecule has 4 heteroatoms. The van der Waals surface area contributed by atoms with Gasteiger partial charge in [-0.2, -0.15) is 0 Å². The normalized spacial score (nSPS) is 24.6. The van der Waals surface area contributed by atoms with Crippen LogP contribution < -0.4 is 5.73 Å². The largest absolute Gasteiger partial charge is 0.387 e. The lowest BCUT2D eigenvalue weighted by molar-refractivity contribution is 0.0989. The summed E-state index contributed by atoms with van der Waals surface area (Å²) < 4.78 is 0. The topological polar surface area (TPSA) is 56.4 Å². The summed E-state index contributed by atoms with van der Waals surface area (Å²) in [6.45, 7) is 10.8. The van der Waals surface area contributed by atoms with Gasteiger partial charge in [0.2, 0.25) is 0 Å². The van der Waals surface area contributed by atoms with Gasteiger partial charge in [-0.05, 0) is 26.9 Å². The fourth-order valence-electron chi connectivity index (χ4n) is 1.90. The van der Waals surface area contributed by atoms with Gasteiger partial charge in [0.15, 0.2) is 0 Å². The highest BCUT2D eigenvalue weighted by atomic mass is 15.3. The standard InChI is InChI=1S/C12H26N4/c1-10-9-16(8-7-15(10)4)6-5-12(2,3)11(13)14/h10H,5-9H2,1-4H3,(H3,13,14). The second-order valence-electron chi connectivity index (χ2n) is 5.68. The number of rotatable bonds is 4. The van der Waals surface area contributed by atoms with Crippen molar-refractivity contribution >= 4 is 5.84 Å². The Labute approximate surface area is 99.3 Å². The predicted molar refractivity (Wildman–Crippen MR) is 68.8 cm³/mol. The van der Waals surface area contributed by atoms with E-state index in [0.29, 0.717) is 11.9 Å². The summed E-state index contributed by atoms with van der Waals surface area (Å²) >= 11 is 0. The molecule has 0 aromatic rings. The van der Waals surface area contributed by atoms with Gasteiger partial charge in [-0.1, -0.05) is 13.8 Å². The molecule has 16 heavy (non-hydrogen) atoms. The molecular formula is C12H26N4. The van der Waals surface area contributed by atoms with Gasteiger partial charge in [-0.25, -0.2) is 0 Å². The number of hydrogen-bond acceptors (Lipinski definition) is 3. The molecule has 1 saturated heterocycles.